The number of allylic oxidation sites excluding steroid dienone is 1. The van der Waals surface area contributed by atoms with Crippen molar-refractivity contribution >= 4 is 15.9 Å². The summed E-state index contributed by atoms with van der Waals surface area (Å²) in [5.41, 5.74) is 3.01. The van der Waals surface area contributed by atoms with E-state index in [2.05, 4.69) is 53.2 Å². The zero-order valence-corrected chi connectivity index (χ0v) is 14.2. The molecule has 0 atom stereocenters. The summed E-state index contributed by atoms with van der Waals surface area (Å²) >= 11 is 3.40. The standard InChI is InChI=1S/C19H27Br/c1-2-3-16-4-6-17(7-5-16)8-9-18-10-12-19(13-11-18)14-15-20/h4-7,14-15,18-19H,2-3,8-13H2,1H3/b15-14+. The summed E-state index contributed by atoms with van der Waals surface area (Å²) in [4.78, 5) is 2.04. The molecule has 0 heterocycles. The minimum absolute atomic E-state index is 0.818. The Morgan fingerprint density at radius 1 is 1.00 bits per heavy atom. The molecule has 1 fully saturated rings. The number of hydrogen-bond donors (Lipinski definition) is 0. The maximum absolute atomic E-state index is 3.40. The smallest absolute Gasteiger partial charge is 0.0225 e. The second kappa shape index (κ2) is 8.67. The van der Waals surface area contributed by atoms with E-state index in [9.17, 15) is 0 Å². The summed E-state index contributed by atoms with van der Waals surface area (Å²) in [6.45, 7) is 2.25. The zero-order chi connectivity index (χ0) is 14.2. The highest BCUT2D eigenvalue weighted by Crippen LogP contribution is 2.32. The Morgan fingerprint density at radius 2 is 1.60 bits per heavy atom. The molecule has 0 aromatic heterocycles. The molecular formula is C19H27Br. The molecule has 0 unspecified atom stereocenters. The molecule has 1 aliphatic carbocycles. The molecule has 0 nitrogen and oxygen atoms in total. The second-order valence-corrected chi connectivity index (χ2v) is 6.73. The van der Waals surface area contributed by atoms with E-state index in [-0.39, 0.29) is 0 Å². The van der Waals surface area contributed by atoms with Crippen molar-refractivity contribution in [1.82, 2.24) is 0 Å². The molecule has 110 valence electrons. The van der Waals surface area contributed by atoms with Gasteiger partial charge in [0, 0.05) is 0 Å². The zero-order valence-electron chi connectivity index (χ0n) is 12.7. The maximum Gasteiger partial charge on any atom is -0.0225 e. The van der Waals surface area contributed by atoms with E-state index in [1.165, 1.54) is 62.5 Å². The molecule has 1 aromatic carbocycles. The highest BCUT2D eigenvalue weighted by atomic mass is 79.9. The Bertz CT molecular complexity index is 396. The van der Waals surface area contributed by atoms with Crippen LogP contribution in [0, 0.1) is 11.8 Å². The first-order valence-corrected chi connectivity index (χ1v) is 9.08. The van der Waals surface area contributed by atoms with Crippen LogP contribution in [0.4, 0.5) is 0 Å². The first-order chi connectivity index (χ1) is 9.81. The van der Waals surface area contributed by atoms with Crippen molar-refractivity contribution < 1.29 is 0 Å². The fraction of sp³-hybridized carbons (Fsp3) is 0.579. The average Bonchev–Trinajstić information content (AvgIpc) is 2.49. The van der Waals surface area contributed by atoms with Gasteiger partial charge in [0.25, 0.3) is 0 Å². The van der Waals surface area contributed by atoms with Gasteiger partial charge in [0.15, 0.2) is 0 Å². The van der Waals surface area contributed by atoms with Gasteiger partial charge in [-0.3, -0.25) is 0 Å². The first-order valence-electron chi connectivity index (χ1n) is 8.16. The largest absolute Gasteiger partial charge is 0.0745 e. The van der Waals surface area contributed by atoms with Crippen molar-refractivity contribution in [2.24, 2.45) is 11.8 Å². The van der Waals surface area contributed by atoms with Crippen molar-refractivity contribution in [2.75, 3.05) is 0 Å². The van der Waals surface area contributed by atoms with Gasteiger partial charge in [0.05, 0.1) is 0 Å². The Hall–Kier alpha value is -0.560. The average molecular weight is 335 g/mol. The van der Waals surface area contributed by atoms with Gasteiger partial charge in [-0.1, -0.05) is 59.6 Å². The van der Waals surface area contributed by atoms with E-state index in [1.54, 1.807) is 0 Å². The third-order valence-corrected chi connectivity index (χ3v) is 4.94. The molecule has 0 saturated heterocycles. The lowest BCUT2D eigenvalue weighted by molar-refractivity contribution is 0.296. The van der Waals surface area contributed by atoms with Crippen molar-refractivity contribution in [2.45, 2.75) is 58.3 Å². The summed E-state index contributed by atoms with van der Waals surface area (Å²) in [7, 11) is 0. The summed E-state index contributed by atoms with van der Waals surface area (Å²) in [6, 6.07) is 9.31. The van der Waals surface area contributed by atoms with Crippen LogP contribution < -0.4 is 0 Å². The fourth-order valence-corrected chi connectivity index (χ4v) is 3.74. The summed E-state index contributed by atoms with van der Waals surface area (Å²) in [5, 5.41) is 0. The van der Waals surface area contributed by atoms with Crippen LogP contribution in [0.3, 0.4) is 0 Å². The molecule has 0 aliphatic heterocycles. The van der Waals surface area contributed by atoms with Crippen LogP contribution in [0.1, 0.15) is 56.6 Å². The quantitative estimate of drug-likeness (QED) is 0.573. The van der Waals surface area contributed by atoms with Crippen LogP contribution in [0.25, 0.3) is 0 Å². The Labute approximate surface area is 132 Å². The predicted molar refractivity (Wildman–Crippen MR) is 92.3 cm³/mol. The van der Waals surface area contributed by atoms with E-state index in [0.717, 1.165) is 11.8 Å². The normalized spacial score (nSPS) is 23.3. The molecule has 0 spiro atoms. The number of hydrogen-bond acceptors (Lipinski definition) is 0. The molecule has 0 amide bonds. The van der Waals surface area contributed by atoms with E-state index in [4.69, 9.17) is 0 Å². The van der Waals surface area contributed by atoms with Crippen molar-refractivity contribution in [3.63, 3.8) is 0 Å². The molecule has 1 heteroatoms. The number of benzene rings is 1. The topological polar surface area (TPSA) is 0 Å². The minimum atomic E-state index is 0.818. The van der Waals surface area contributed by atoms with Gasteiger partial charge in [0.1, 0.15) is 0 Å². The third-order valence-electron chi connectivity index (χ3n) is 4.64. The van der Waals surface area contributed by atoms with Gasteiger partial charge in [0.2, 0.25) is 0 Å². The number of aryl methyl sites for hydroxylation is 2. The Morgan fingerprint density at radius 3 is 2.15 bits per heavy atom. The minimum Gasteiger partial charge on any atom is -0.0745 e. The van der Waals surface area contributed by atoms with E-state index < -0.39 is 0 Å². The van der Waals surface area contributed by atoms with Gasteiger partial charge >= 0.3 is 0 Å². The molecule has 2 rings (SSSR count). The highest BCUT2D eigenvalue weighted by Gasteiger charge is 2.19. The van der Waals surface area contributed by atoms with Gasteiger partial charge < -0.3 is 0 Å². The van der Waals surface area contributed by atoms with Gasteiger partial charge in [-0.15, -0.1) is 0 Å². The van der Waals surface area contributed by atoms with Crippen molar-refractivity contribution in [3.05, 3.63) is 46.5 Å². The van der Waals surface area contributed by atoms with Crippen LogP contribution in [0.15, 0.2) is 35.3 Å². The molecule has 1 saturated carbocycles. The fourth-order valence-electron chi connectivity index (χ4n) is 3.30. The van der Waals surface area contributed by atoms with Gasteiger partial charge in [-0.2, -0.15) is 0 Å². The molecule has 0 radical (unpaired) electrons. The maximum atomic E-state index is 3.40. The lowest BCUT2D eigenvalue weighted by Gasteiger charge is -2.26. The number of halogens is 1. The van der Waals surface area contributed by atoms with Crippen LogP contribution >= 0.6 is 15.9 Å². The first kappa shape index (κ1) is 15.8. The second-order valence-electron chi connectivity index (χ2n) is 6.20. The molecule has 1 aromatic rings. The molecule has 1 aliphatic rings. The molecule has 0 bridgehead atoms. The van der Waals surface area contributed by atoms with Gasteiger partial charge in [-0.25, -0.2) is 0 Å². The van der Waals surface area contributed by atoms with Crippen LogP contribution in [-0.2, 0) is 12.8 Å². The SMILES string of the molecule is CCCc1ccc(CCC2CCC(/C=C/Br)CC2)cc1. The van der Waals surface area contributed by atoms with Gasteiger partial charge in [-0.05, 0) is 72.9 Å². The lowest BCUT2D eigenvalue weighted by Crippen LogP contribution is -2.13. The summed E-state index contributed by atoms with van der Waals surface area (Å²) in [5.74, 6) is 1.77. The van der Waals surface area contributed by atoms with E-state index in [0.29, 0.717) is 0 Å². The Kier molecular flexibility index (Phi) is 6.86. The van der Waals surface area contributed by atoms with Crippen molar-refractivity contribution in [1.29, 1.82) is 0 Å². The van der Waals surface area contributed by atoms with Crippen LogP contribution in [-0.4, -0.2) is 0 Å². The molecule has 0 N–H and O–H groups in total. The lowest BCUT2D eigenvalue weighted by atomic mass is 9.79. The van der Waals surface area contributed by atoms with Crippen molar-refractivity contribution in [3.8, 4) is 0 Å². The van der Waals surface area contributed by atoms with Crippen LogP contribution in [0.2, 0.25) is 0 Å². The number of rotatable bonds is 6. The molecular weight excluding hydrogens is 308 g/mol. The summed E-state index contributed by atoms with van der Waals surface area (Å²) in [6.07, 6.45) is 13.0. The predicted octanol–water partition coefficient (Wildman–Crippen LogP) is 6.29. The Balaban J connectivity index is 1.73. The monoisotopic (exact) mass is 334 g/mol. The molecule has 20 heavy (non-hydrogen) atoms. The van der Waals surface area contributed by atoms with E-state index in [1.807, 2.05) is 4.99 Å². The highest BCUT2D eigenvalue weighted by molar-refractivity contribution is 9.11. The van der Waals surface area contributed by atoms with E-state index >= 15 is 0 Å². The summed E-state index contributed by atoms with van der Waals surface area (Å²) < 4.78 is 0. The van der Waals surface area contributed by atoms with Crippen LogP contribution in [0.5, 0.6) is 0 Å². The third kappa shape index (κ3) is 5.09.